The maximum absolute atomic E-state index is 5.52. The lowest BCUT2D eigenvalue weighted by molar-refractivity contribution is 0.414. The average Bonchev–Trinajstić information content (AvgIpc) is 2.34. The number of nitrogens with one attached hydrogen (secondary N) is 1. The number of methoxy groups -OCH3 is 1. The first-order valence-electron chi connectivity index (χ1n) is 5.89. The Morgan fingerprint density at radius 3 is 2.53 bits per heavy atom. The van der Waals surface area contributed by atoms with Gasteiger partial charge in [0.15, 0.2) is 0 Å². The van der Waals surface area contributed by atoms with Crippen molar-refractivity contribution in [1.82, 2.24) is 5.43 Å². The first-order chi connectivity index (χ1) is 8.15. The summed E-state index contributed by atoms with van der Waals surface area (Å²) in [6.45, 7) is 5.93. The molecule has 1 aromatic rings. The van der Waals surface area contributed by atoms with Gasteiger partial charge < -0.3 is 4.74 Å². The molecule has 3 N–H and O–H groups in total. The number of hydrazine groups is 1. The molecule has 0 saturated carbocycles. The van der Waals surface area contributed by atoms with Crippen LogP contribution in [0.15, 0.2) is 36.4 Å². The summed E-state index contributed by atoms with van der Waals surface area (Å²) >= 11 is 0. The number of hydrogen-bond donors (Lipinski definition) is 2. The molecule has 1 aromatic carbocycles. The molecule has 3 heteroatoms. The summed E-state index contributed by atoms with van der Waals surface area (Å²) in [7, 11) is 1.68. The summed E-state index contributed by atoms with van der Waals surface area (Å²) in [5.74, 6) is 6.41. The standard InChI is InChI=1S/C14H22N2O/c1-11(2)10-13(16-15)7-4-12-5-8-14(17-3)9-6-12/h5-6,8-9,13,16H,1,4,7,10,15H2,2-3H3. The maximum atomic E-state index is 5.52. The van der Waals surface area contributed by atoms with Crippen molar-refractivity contribution >= 4 is 0 Å². The van der Waals surface area contributed by atoms with E-state index in [1.165, 1.54) is 5.56 Å². The molecule has 1 atom stereocenters. The molecular formula is C14H22N2O. The minimum atomic E-state index is 0.301. The van der Waals surface area contributed by atoms with Crippen molar-refractivity contribution in [2.45, 2.75) is 32.2 Å². The fourth-order valence-electron chi connectivity index (χ4n) is 1.80. The average molecular weight is 234 g/mol. The fraction of sp³-hybridized carbons (Fsp3) is 0.429. The van der Waals surface area contributed by atoms with Crippen LogP contribution < -0.4 is 16.0 Å². The number of benzene rings is 1. The van der Waals surface area contributed by atoms with E-state index in [9.17, 15) is 0 Å². The van der Waals surface area contributed by atoms with Gasteiger partial charge in [-0.15, -0.1) is 6.58 Å². The highest BCUT2D eigenvalue weighted by Crippen LogP contribution is 2.14. The zero-order valence-electron chi connectivity index (χ0n) is 10.7. The monoisotopic (exact) mass is 234 g/mol. The summed E-state index contributed by atoms with van der Waals surface area (Å²) in [6.07, 6.45) is 2.94. The minimum absolute atomic E-state index is 0.301. The van der Waals surface area contributed by atoms with Gasteiger partial charge in [-0.25, -0.2) is 0 Å². The van der Waals surface area contributed by atoms with Crippen molar-refractivity contribution in [3.63, 3.8) is 0 Å². The molecule has 0 saturated heterocycles. The number of rotatable bonds is 7. The highest BCUT2D eigenvalue weighted by molar-refractivity contribution is 5.27. The van der Waals surface area contributed by atoms with E-state index < -0.39 is 0 Å². The topological polar surface area (TPSA) is 47.3 Å². The van der Waals surface area contributed by atoms with Gasteiger partial charge in [0, 0.05) is 6.04 Å². The van der Waals surface area contributed by atoms with Crippen LogP contribution in [0.4, 0.5) is 0 Å². The van der Waals surface area contributed by atoms with Crippen LogP contribution in [-0.2, 0) is 6.42 Å². The quantitative estimate of drug-likeness (QED) is 0.433. The molecule has 1 unspecified atom stereocenters. The summed E-state index contributed by atoms with van der Waals surface area (Å²) in [6, 6.07) is 8.45. The predicted octanol–water partition coefficient (Wildman–Crippen LogP) is 2.43. The fourth-order valence-corrected chi connectivity index (χ4v) is 1.80. The van der Waals surface area contributed by atoms with E-state index in [4.69, 9.17) is 10.6 Å². The number of ether oxygens (including phenoxy) is 1. The van der Waals surface area contributed by atoms with E-state index in [1.54, 1.807) is 7.11 Å². The van der Waals surface area contributed by atoms with Gasteiger partial charge >= 0.3 is 0 Å². The lowest BCUT2D eigenvalue weighted by atomic mass is 10.0. The van der Waals surface area contributed by atoms with E-state index >= 15 is 0 Å². The normalized spacial score (nSPS) is 12.2. The first-order valence-corrected chi connectivity index (χ1v) is 5.89. The Balaban J connectivity index is 2.44. The molecule has 0 fully saturated rings. The molecule has 0 amide bonds. The third-order valence-corrected chi connectivity index (χ3v) is 2.77. The molecule has 0 spiro atoms. The van der Waals surface area contributed by atoms with Crippen molar-refractivity contribution in [2.75, 3.05) is 7.11 Å². The first kappa shape index (κ1) is 13.7. The summed E-state index contributed by atoms with van der Waals surface area (Å²) < 4.78 is 5.12. The molecule has 17 heavy (non-hydrogen) atoms. The van der Waals surface area contributed by atoms with Crippen molar-refractivity contribution in [3.05, 3.63) is 42.0 Å². The number of nitrogens with two attached hydrogens (primary N) is 1. The zero-order valence-corrected chi connectivity index (χ0v) is 10.7. The second-order valence-electron chi connectivity index (χ2n) is 4.41. The van der Waals surface area contributed by atoms with E-state index in [2.05, 4.69) is 24.1 Å². The van der Waals surface area contributed by atoms with Crippen molar-refractivity contribution in [2.24, 2.45) is 5.84 Å². The molecular weight excluding hydrogens is 212 g/mol. The van der Waals surface area contributed by atoms with E-state index in [0.717, 1.165) is 30.6 Å². The molecule has 94 valence electrons. The lowest BCUT2D eigenvalue weighted by Gasteiger charge is -2.15. The number of aryl methyl sites for hydroxylation is 1. The van der Waals surface area contributed by atoms with Gasteiger partial charge in [0.2, 0.25) is 0 Å². The molecule has 0 aliphatic carbocycles. The van der Waals surface area contributed by atoms with E-state index in [-0.39, 0.29) is 0 Å². The third-order valence-electron chi connectivity index (χ3n) is 2.77. The van der Waals surface area contributed by atoms with Crippen LogP contribution in [0.2, 0.25) is 0 Å². The summed E-state index contributed by atoms with van der Waals surface area (Å²) in [4.78, 5) is 0. The molecule has 0 heterocycles. The van der Waals surface area contributed by atoms with Crippen LogP contribution in [0.5, 0.6) is 5.75 Å². The lowest BCUT2D eigenvalue weighted by Crippen LogP contribution is -2.35. The van der Waals surface area contributed by atoms with Crippen molar-refractivity contribution in [3.8, 4) is 5.75 Å². The van der Waals surface area contributed by atoms with Crippen LogP contribution in [0.3, 0.4) is 0 Å². The molecule has 0 bridgehead atoms. The Labute approximate surface area is 104 Å². The predicted molar refractivity (Wildman–Crippen MR) is 71.9 cm³/mol. The van der Waals surface area contributed by atoms with Gasteiger partial charge in [0.25, 0.3) is 0 Å². The van der Waals surface area contributed by atoms with Gasteiger partial charge in [0.1, 0.15) is 5.75 Å². The van der Waals surface area contributed by atoms with Crippen LogP contribution in [-0.4, -0.2) is 13.2 Å². The second-order valence-corrected chi connectivity index (χ2v) is 4.41. The van der Waals surface area contributed by atoms with Crippen LogP contribution in [0.25, 0.3) is 0 Å². The summed E-state index contributed by atoms with van der Waals surface area (Å²) in [5.41, 5.74) is 5.29. The Hall–Kier alpha value is -1.32. The van der Waals surface area contributed by atoms with Gasteiger partial charge in [0.05, 0.1) is 7.11 Å². The molecule has 0 aliphatic heterocycles. The van der Waals surface area contributed by atoms with Gasteiger partial charge in [-0.05, 0) is 43.9 Å². The minimum Gasteiger partial charge on any atom is -0.497 e. The Kier molecular flexibility index (Phi) is 5.73. The van der Waals surface area contributed by atoms with E-state index in [0.29, 0.717) is 6.04 Å². The van der Waals surface area contributed by atoms with Crippen LogP contribution in [0.1, 0.15) is 25.3 Å². The van der Waals surface area contributed by atoms with Crippen LogP contribution >= 0.6 is 0 Å². The Bertz CT molecular complexity index is 346. The maximum Gasteiger partial charge on any atom is 0.118 e. The van der Waals surface area contributed by atoms with Crippen molar-refractivity contribution < 1.29 is 4.74 Å². The summed E-state index contributed by atoms with van der Waals surface area (Å²) in [5, 5.41) is 0. The zero-order chi connectivity index (χ0) is 12.7. The molecule has 0 aromatic heterocycles. The van der Waals surface area contributed by atoms with Crippen molar-refractivity contribution in [1.29, 1.82) is 0 Å². The Morgan fingerprint density at radius 2 is 2.06 bits per heavy atom. The Morgan fingerprint density at radius 1 is 1.41 bits per heavy atom. The number of hydrogen-bond acceptors (Lipinski definition) is 3. The smallest absolute Gasteiger partial charge is 0.118 e. The van der Waals surface area contributed by atoms with E-state index in [1.807, 2.05) is 19.1 Å². The van der Waals surface area contributed by atoms with Gasteiger partial charge in [-0.2, -0.15) is 0 Å². The van der Waals surface area contributed by atoms with Crippen LogP contribution in [0, 0.1) is 0 Å². The van der Waals surface area contributed by atoms with Gasteiger partial charge in [-0.1, -0.05) is 17.7 Å². The highest BCUT2D eigenvalue weighted by Gasteiger charge is 2.06. The molecule has 0 aliphatic rings. The second kappa shape index (κ2) is 7.09. The van der Waals surface area contributed by atoms with Gasteiger partial charge in [-0.3, -0.25) is 11.3 Å². The molecule has 0 radical (unpaired) electrons. The SMILES string of the molecule is C=C(C)CC(CCc1ccc(OC)cc1)NN. The molecule has 1 rings (SSSR count). The highest BCUT2D eigenvalue weighted by atomic mass is 16.5. The molecule has 3 nitrogen and oxygen atoms in total. The largest absolute Gasteiger partial charge is 0.497 e. The third kappa shape index (κ3) is 5.02.